The normalized spacial score (nSPS) is 17.6. The number of halogens is 4. The molecule has 9 heteroatoms. The summed E-state index contributed by atoms with van der Waals surface area (Å²) >= 11 is 1.20. The molecule has 4 nitrogen and oxygen atoms in total. The first-order valence-electron chi connectivity index (χ1n) is 8.70. The largest absolute Gasteiger partial charge is 0.373 e. The van der Waals surface area contributed by atoms with E-state index in [1.807, 2.05) is 0 Å². The zero-order valence-electron chi connectivity index (χ0n) is 14.6. The fourth-order valence-corrected chi connectivity index (χ4v) is 4.31. The van der Waals surface area contributed by atoms with E-state index in [9.17, 15) is 17.6 Å². The topological polar surface area (TPSA) is 51.4 Å². The van der Waals surface area contributed by atoms with E-state index in [2.05, 4.69) is 9.88 Å². The summed E-state index contributed by atoms with van der Waals surface area (Å²) in [7, 11) is 0. The molecule has 0 bridgehead atoms. The molecule has 1 aromatic heterocycles. The van der Waals surface area contributed by atoms with Gasteiger partial charge in [0.15, 0.2) is 0 Å². The van der Waals surface area contributed by atoms with Crippen molar-refractivity contribution in [2.75, 3.05) is 19.6 Å². The van der Waals surface area contributed by atoms with Gasteiger partial charge in [-0.25, -0.2) is 22.5 Å². The summed E-state index contributed by atoms with van der Waals surface area (Å²) in [6.45, 7) is 1.65. The molecule has 0 amide bonds. The third-order valence-electron chi connectivity index (χ3n) is 4.68. The molecule has 0 spiro atoms. The number of benzene rings is 1. The molecule has 0 saturated carbocycles. The van der Waals surface area contributed by atoms with Gasteiger partial charge in [0.05, 0.1) is 29.1 Å². The Labute approximate surface area is 159 Å². The van der Waals surface area contributed by atoms with Crippen LogP contribution in [0.4, 0.5) is 17.6 Å². The second-order valence-electron chi connectivity index (χ2n) is 6.48. The molecule has 1 atom stereocenters. The van der Waals surface area contributed by atoms with Crippen molar-refractivity contribution in [3.8, 4) is 0 Å². The van der Waals surface area contributed by atoms with Gasteiger partial charge in [-0.2, -0.15) is 0 Å². The molecular weight excluding hydrogens is 382 g/mol. The van der Waals surface area contributed by atoms with Gasteiger partial charge in [-0.15, -0.1) is 11.3 Å². The van der Waals surface area contributed by atoms with Crippen LogP contribution in [0.15, 0.2) is 23.7 Å². The van der Waals surface area contributed by atoms with Crippen LogP contribution in [-0.2, 0) is 11.3 Å². The first-order valence-corrected chi connectivity index (χ1v) is 9.58. The Kier molecular flexibility index (Phi) is 6.80. The third kappa shape index (κ3) is 5.04. The number of aromatic nitrogens is 1. The van der Waals surface area contributed by atoms with Crippen molar-refractivity contribution in [1.82, 2.24) is 9.88 Å². The molecule has 1 aliphatic rings. The average molecular weight is 403 g/mol. The molecule has 1 aliphatic heterocycles. The standard InChI is InChI=1S/C18H21F4N3OS/c19-12-5-11(6-13(20)7-12)9-26-14-1-3-25(4-2-14)15(8-23)17-16(18(21)22)24-10-27-17/h5-7,10,14-15,18H,1-4,8-9,23H2. The lowest BCUT2D eigenvalue weighted by Gasteiger charge is -2.36. The monoisotopic (exact) mass is 403 g/mol. The number of nitrogens with two attached hydrogens (primary N) is 1. The minimum atomic E-state index is -2.62. The van der Waals surface area contributed by atoms with Crippen LogP contribution in [0, 0.1) is 11.6 Å². The minimum absolute atomic E-state index is 0.0537. The molecule has 27 heavy (non-hydrogen) atoms. The van der Waals surface area contributed by atoms with Crippen LogP contribution in [0.3, 0.4) is 0 Å². The fraction of sp³-hybridized carbons (Fsp3) is 0.500. The maximum atomic E-state index is 13.2. The summed E-state index contributed by atoms with van der Waals surface area (Å²) in [6, 6.07) is 3.03. The molecule has 0 aliphatic carbocycles. The molecule has 0 radical (unpaired) electrons. The first kappa shape index (κ1) is 20.2. The summed E-state index contributed by atoms with van der Waals surface area (Å²) < 4.78 is 58.5. The van der Waals surface area contributed by atoms with E-state index in [0.29, 0.717) is 36.4 Å². The molecule has 1 fully saturated rings. The molecule has 1 unspecified atom stereocenters. The lowest BCUT2D eigenvalue weighted by Crippen LogP contribution is -2.41. The average Bonchev–Trinajstić information content (AvgIpc) is 3.11. The van der Waals surface area contributed by atoms with Gasteiger partial charge in [-0.1, -0.05) is 0 Å². The Morgan fingerprint density at radius 1 is 1.19 bits per heavy atom. The Balaban J connectivity index is 1.55. The van der Waals surface area contributed by atoms with E-state index >= 15 is 0 Å². The predicted octanol–water partition coefficient (Wildman–Crippen LogP) is 4.04. The van der Waals surface area contributed by atoms with Crippen LogP contribution in [-0.4, -0.2) is 35.6 Å². The van der Waals surface area contributed by atoms with Gasteiger partial charge in [0, 0.05) is 25.7 Å². The molecule has 2 N–H and O–H groups in total. The lowest BCUT2D eigenvalue weighted by molar-refractivity contribution is -0.0108. The van der Waals surface area contributed by atoms with Crippen LogP contribution in [0.5, 0.6) is 0 Å². The quantitative estimate of drug-likeness (QED) is 0.709. The van der Waals surface area contributed by atoms with E-state index < -0.39 is 18.1 Å². The Bertz CT molecular complexity index is 730. The van der Waals surface area contributed by atoms with E-state index in [1.165, 1.54) is 29.0 Å². The molecule has 1 saturated heterocycles. The molecule has 1 aromatic carbocycles. The number of ether oxygens (including phenoxy) is 1. The van der Waals surface area contributed by atoms with Gasteiger partial charge in [-0.3, -0.25) is 4.90 Å². The number of alkyl halides is 2. The van der Waals surface area contributed by atoms with Crippen molar-refractivity contribution < 1.29 is 22.3 Å². The zero-order chi connectivity index (χ0) is 19.4. The second-order valence-corrected chi connectivity index (χ2v) is 7.36. The van der Waals surface area contributed by atoms with Crippen LogP contribution in [0.25, 0.3) is 0 Å². The summed E-state index contributed by atoms with van der Waals surface area (Å²) in [5, 5.41) is 0. The molecule has 148 valence electrons. The summed E-state index contributed by atoms with van der Waals surface area (Å²) in [5.74, 6) is -1.26. The van der Waals surface area contributed by atoms with Crippen molar-refractivity contribution in [1.29, 1.82) is 0 Å². The highest BCUT2D eigenvalue weighted by Gasteiger charge is 2.30. The summed E-state index contributed by atoms with van der Waals surface area (Å²) in [4.78, 5) is 6.36. The SMILES string of the molecule is NCC(c1scnc1C(F)F)N1CCC(OCc2cc(F)cc(F)c2)CC1. The number of thiazole rings is 1. The van der Waals surface area contributed by atoms with Gasteiger partial charge in [0.2, 0.25) is 0 Å². The smallest absolute Gasteiger partial charge is 0.281 e. The van der Waals surface area contributed by atoms with Crippen molar-refractivity contribution in [2.24, 2.45) is 5.73 Å². The van der Waals surface area contributed by atoms with Gasteiger partial charge in [0.25, 0.3) is 6.43 Å². The Morgan fingerprint density at radius 2 is 1.85 bits per heavy atom. The van der Waals surface area contributed by atoms with Gasteiger partial charge >= 0.3 is 0 Å². The maximum absolute atomic E-state index is 13.2. The Hall–Kier alpha value is -1.55. The second kappa shape index (κ2) is 9.09. The minimum Gasteiger partial charge on any atom is -0.373 e. The van der Waals surface area contributed by atoms with Crippen LogP contribution in [0.1, 0.15) is 41.4 Å². The highest BCUT2D eigenvalue weighted by molar-refractivity contribution is 7.09. The molecular formula is C18H21F4N3OS. The summed E-state index contributed by atoms with van der Waals surface area (Å²) in [6.07, 6.45) is -1.29. The number of hydrogen-bond acceptors (Lipinski definition) is 5. The maximum Gasteiger partial charge on any atom is 0.281 e. The number of hydrogen-bond donors (Lipinski definition) is 1. The van der Waals surface area contributed by atoms with Gasteiger partial charge < -0.3 is 10.5 Å². The van der Waals surface area contributed by atoms with Crippen LogP contribution < -0.4 is 5.73 Å². The first-order chi connectivity index (χ1) is 13.0. The lowest BCUT2D eigenvalue weighted by atomic mass is 10.0. The summed E-state index contributed by atoms with van der Waals surface area (Å²) in [5.41, 5.74) is 7.53. The van der Waals surface area contributed by atoms with E-state index in [1.54, 1.807) is 0 Å². The van der Waals surface area contributed by atoms with E-state index in [0.717, 1.165) is 6.07 Å². The fourth-order valence-electron chi connectivity index (χ4n) is 3.36. The zero-order valence-corrected chi connectivity index (χ0v) is 15.4. The van der Waals surface area contributed by atoms with Crippen LogP contribution in [0.2, 0.25) is 0 Å². The van der Waals surface area contributed by atoms with Crippen molar-refractivity contribution >= 4 is 11.3 Å². The highest BCUT2D eigenvalue weighted by Crippen LogP contribution is 2.34. The highest BCUT2D eigenvalue weighted by atomic mass is 32.1. The molecule has 2 aromatic rings. The van der Waals surface area contributed by atoms with E-state index in [4.69, 9.17) is 10.5 Å². The number of nitrogens with zero attached hydrogens (tertiary/aromatic N) is 2. The number of likely N-dealkylation sites (tertiary alicyclic amines) is 1. The van der Waals surface area contributed by atoms with E-state index in [-0.39, 0.29) is 31.0 Å². The number of piperidine rings is 1. The Morgan fingerprint density at radius 3 is 2.44 bits per heavy atom. The van der Waals surface area contributed by atoms with Crippen LogP contribution >= 0.6 is 11.3 Å². The van der Waals surface area contributed by atoms with Gasteiger partial charge in [-0.05, 0) is 30.5 Å². The molecule has 2 heterocycles. The predicted molar refractivity (Wildman–Crippen MR) is 94.6 cm³/mol. The van der Waals surface area contributed by atoms with Gasteiger partial charge in [0.1, 0.15) is 17.3 Å². The van der Waals surface area contributed by atoms with Crippen molar-refractivity contribution in [2.45, 2.75) is 38.0 Å². The third-order valence-corrected chi connectivity index (χ3v) is 5.63. The number of rotatable bonds is 7. The molecule has 3 rings (SSSR count). The van der Waals surface area contributed by atoms with Crippen molar-refractivity contribution in [3.63, 3.8) is 0 Å². The van der Waals surface area contributed by atoms with Crippen molar-refractivity contribution in [3.05, 3.63) is 51.5 Å².